The molecule has 0 bridgehead atoms. The van der Waals surface area contributed by atoms with Crippen molar-refractivity contribution in [2.45, 2.75) is 13.8 Å². The first-order chi connectivity index (χ1) is 5.13. The fraction of sp³-hybridized carbons (Fsp3) is 0.800. The molecule has 0 spiro atoms. The van der Waals surface area contributed by atoms with Crippen molar-refractivity contribution < 1.29 is 21.1 Å². The average Bonchev–Trinajstić information content (AvgIpc) is 1.91. The summed E-state index contributed by atoms with van der Waals surface area (Å²) in [4.78, 5) is 10.0. The first-order valence-corrected chi connectivity index (χ1v) is 3.92. The Bertz CT molecular complexity index is 124. The quantitative estimate of drug-likeness (QED) is 0.316. The molecule has 0 unspecified atom stereocenters. The first-order valence-electron chi connectivity index (χ1n) is 3.06. The third-order valence-electron chi connectivity index (χ3n) is 1.03. The summed E-state index contributed by atoms with van der Waals surface area (Å²) in [5.41, 5.74) is 0. The molecule has 0 aliphatic rings. The Kier molecular flexibility index (Phi) is 32.5. The van der Waals surface area contributed by atoms with Crippen molar-refractivity contribution in [3.63, 3.8) is 0 Å². The molecule has 0 aliphatic carbocycles. The molecule has 0 fully saturated rings. The Balaban J connectivity index is -0.0000000720. The van der Waals surface area contributed by atoms with Gasteiger partial charge >= 0.3 is 0 Å². The van der Waals surface area contributed by atoms with Crippen LogP contribution in [0, 0.1) is 10.1 Å². The van der Waals surface area contributed by atoms with Crippen LogP contribution >= 0.6 is 24.8 Å². The Morgan fingerprint density at radius 1 is 1.54 bits per heavy atom. The van der Waals surface area contributed by atoms with Crippen LogP contribution < -0.4 is 6.15 Å². The Hall–Kier alpha value is 0.288. The summed E-state index contributed by atoms with van der Waals surface area (Å²) in [5, 5.41) is 9.00. The molecule has 0 aromatic rings. The van der Waals surface area contributed by atoms with Gasteiger partial charge in [-0.2, -0.15) is 0 Å². The summed E-state index contributed by atoms with van der Waals surface area (Å²) >= 11 is 8.82. The number of hydrogen-bond donors (Lipinski definition) is 2. The van der Waals surface area contributed by atoms with Gasteiger partial charge < -0.3 is 21.2 Å². The molecular formula is C5H14N3O2PtS2-. The van der Waals surface area contributed by atoms with Crippen molar-refractivity contribution in [2.24, 2.45) is 5.34 Å². The van der Waals surface area contributed by atoms with Gasteiger partial charge in [0.05, 0.1) is 0 Å². The fourth-order valence-corrected chi connectivity index (χ4v) is 1.04. The molecule has 0 aliphatic heterocycles. The molecular weight excluding hydrogens is 393 g/mol. The number of hydrogen-bond acceptors (Lipinski definition) is 5. The summed E-state index contributed by atoms with van der Waals surface area (Å²) in [5.74, 6) is 0. The molecule has 0 saturated carbocycles. The van der Waals surface area contributed by atoms with E-state index in [1.807, 2.05) is 4.90 Å². The van der Waals surface area contributed by atoms with Gasteiger partial charge in [0.1, 0.15) is 4.32 Å². The number of thiocarbonyl (C=S) groups is 1. The largest absolute Gasteiger partial charge is 0.444 e. The molecule has 0 radical (unpaired) electrons. The van der Waals surface area contributed by atoms with E-state index in [2.05, 4.69) is 26.5 Å². The SMILES string of the molecule is CCN(CC)C(=S)S.N.O=N[O-].[Pt]. The Labute approximate surface area is 103 Å². The van der Waals surface area contributed by atoms with E-state index in [9.17, 15) is 0 Å². The molecule has 0 amide bonds. The van der Waals surface area contributed by atoms with Crippen molar-refractivity contribution in [3.05, 3.63) is 10.1 Å². The minimum atomic E-state index is 0. The normalized spacial score (nSPS) is 6.38. The summed E-state index contributed by atoms with van der Waals surface area (Å²) < 4.78 is 0.690. The summed E-state index contributed by atoms with van der Waals surface area (Å²) in [6, 6.07) is 0. The van der Waals surface area contributed by atoms with Gasteiger partial charge in [-0.25, -0.2) is 0 Å². The average molecular weight is 407 g/mol. The maximum atomic E-state index is 8.00. The zero-order valence-electron chi connectivity index (χ0n) is 7.50. The van der Waals surface area contributed by atoms with E-state index in [-0.39, 0.29) is 27.2 Å². The second kappa shape index (κ2) is 18.2. The van der Waals surface area contributed by atoms with Crippen LogP contribution in [0.3, 0.4) is 0 Å². The van der Waals surface area contributed by atoms with Crippen LogP contribution in [0.1, 0.15) is 13.8 Å². The molecule has 0 saturated heterocycles. The number of rotatable bonds is 2. The summed E-state index contributed by atoms with van der Waals surface area (Å²) in [7, 11) is 0. The zero-order valence-corrected chi connectivity index (χ0v) is 11.5. The number of nitrogens with zero attached hydrogens (tertiary/aromatic N) is 2. The maximum Gasteiger partial charge on any atom is 0.133 e. The standard InChI is InChI=1S/C5H11NS2.HNO2.H3N.Pt/c1-3-6(4-2)5(7)8;2-1-3;;/h3-4H2,1-2H3,(H,7,8);(H,2,3);1H3;/p-1. The molecule has 0 aromatic carbocycles. The van der Waals surface area contributed by atoms with Gasteiger partial charge in [0.2, 0.25) is 0 Å². The van der Waals surface area contributed by atoms with E-state index in [1.165, 1.54) is 0 Å². The van der Waals surface area contributed by atoms with Crippen LogP contribution in [0.2, 0.25) is 0 Å². The Morgan fingerprint density at radius 2 is 1.77 bits per heavy atom. The van der Waals surface area contributed by atoms with E-state index in [1.54, 1.807) is 0 Å². The van der Waals surface area contributed by atoms with Crippen molar-refractivity contribution in [2.75, 3.05) is 13.1 Å². The van der Waals surface area contributed by atoms with Crippen LogP contribution in [0.4, 0.5) is 0 Å². The van der Waals surface area contributed by atoms with Gasteiger partial charge in [0.25, 0.3) is 0 Å². The molecule has 0 atom stereocenters. The Morgan fingerprint density at radius 3 is 1.77 bits per heavy atom. The van der Waals surface area contributed by atoms with Crippen molar-refractivity contribution >= 4 is 29.2 Å². The van der Waals surface area contributed by atoms with E-state index in [0.29, 0.717) is 4.32 Å². The molecule has 5 nitrogen and oxygen atoms in total. The molecule has 13 heavy (non-hydrogen) atoms. The van der Waals surface area contributed by atoms with E-state index in [4.69, 9.17) is 22.3 Å². The van der Waals surface area contributed by atoms with Crippen LogP contribution in [-0.2, 0) is 21.1 Å². The monoisotopic (exact) mass is 407 g/mol. The van der Waals surface area contributed by atoms with Gasteiger partial charge in [-0.1, -0.05) is 12.2 Å². The predicted molar refractivity (Wildman–Crippen MR) is 58.7 cm³/mol. The van der Waals surface area contributed by atoms with E-state index < -0.39 is 0 Å². The van der Waals surface area contributed by atoms with Gasteiger partial charge in [0.15, 0.2) is 0 Å². The van der Waals surface area contributed by atoms with Crippen LogP contribution in [-0.4, -0.2) is 22.3 Å². The minimum Gasteiger partial charge on any atom is -0.444 e. The van der Waals surface area contributed by atoms with Crippen LogP contribution in [0.15, 0.2) is 5.34 Å². The maximum absolute atomic E-state index is 8.00. The van der Waals surface area contributed by atoms with Gasteiger partial charge in [-0.3, -0.25) is 0 Å². The van der Waals surface area contributed by atoms with Crippen LogP contribution in [0.5, 0.6) is 0 Å². The second-order valence-corrected chi connectivity index (χ2v) is 2.64. The molecule has 0 rings (SSSR count). The molecule has 0 aromatic heterocycles. The topological polar surface area (TPSA) is 90.7 Å². The summed E-state index contributed by atoms with van der Waals surface area (Å²) in [6.45, 7) is 6.04. The van der Waals surface area contributed by atoms with Crippen molar-refractivity contribution in [3.8, 4) is 0 Å². The van der Waals surface area contributed by atoms with E-state index >= 15 is 0 Å². The molecule has 8 heteroatoms. The second-order valence-electron chi connectivity index (χ2n) is 1.53. The third-order valence-corrected chi connectivity index (χ3v) is 1.58. The molecule has 84 valence electrons. The van der Waals surface area contributed by atoms with Gasteiger partial charge in [-0.05, 0) is 13.8 Å². The minimum absolute atomic E-state index is 0. The zero-order chi connectivity index (χ0) is 9.28. The molecule has 0 heterocycles. The van der Waals surface area contributed by atoms with Crippen LogP contribution in [0.25, 0.3) is 0 Å². The predicted octanol–water partition coefficient (Wildman–Crippen LogP) is 1.95. The third kappa shape index (κ3) is 18.9. The fourth-order valence-electron chi connectivity index (χ4n) is 0.494. The van der Waals surface area contributed by atoms with Gasteiger partial charge in [0, 0.05) is 34.2 Å². The summed E-state index contributed by atoms with van der Waals surface area (Å²) in [6.07, 6.45) is 0. The van der Waals surface area contributed by atoms with E-state index in [0.717, 1.165) is 18.4 Å². The van der Waals surface area contributed by atoms with Crippen molar-refractivity contribution in [1.82, 2.24) is 11.1 Å². The smallest absolute Gasteiger partial charge is 0.133 e. The first kappa shape index (κ1) is 23.3. The molecule has 3 N–H and O–H groups in total. The van der Waals surface area contributed by atoms with Gasteiger partial charge in [-0.15, -0.1) is 18.0 Å². The van der Waals surface area contributed by atoms with Crippen molar-refractivity contribution in [1.29, 1.82) is 0 Å². The number of thiol groups is 1.